The van der Waals surface area contributed by atoms with Gasteiger partial charge in [-0.15, -0.1) is 0 Å². The Hall–Kier alpha value is -1.58. The van der Waals surface area contributed by atoms with Gasteiger partial charge in [0.05, 0.1) is 5.92 Å². The van der Waals surface area contributed by atoms with Gasteiger partial charge in [0.2, 0.25) is 0 Å². The minimum Gasteiger partial charge on any atom is -0.481 e. The van der Waals surface area contributed by atoms with Gasteiger partial charge in [-0.05, 0) is 31.9 Å². The maximum Gasteiger partial charge on any atom is 0.311 e. The SMILES string of the molecule is CCC(C(=O)O)c1c(C)cc(C)[nH]c1=O. The predicted molar refractivity (Wildman–Crippen MR) is 57.2 cm³/mol. The highest BCUT2D eigenvalue weighted by Gasteiger charge is 2.22. The highest BCUT2D eigenvalue weighted by Crippen LogP contribution is 2.19. The Labute approximate surface area is 88.0 Å². The molecule has 2 N–H and O–H groups in total. The molecule has 0 aliphatic heterocycles. The van der Waals surface area contributed by atoms with Crippen molar-refractivity contribution in [2.24, 2.45) is 0 Å². The molecule has 0 bridgehead atoms. The third-order valence-corrected chi connectivity index (χ3v) is 2.47. The molecule has 0 aromatic carbocycles. The molecular weight excluding hydrogens is 194 g/mol. The summed E-state index contributed by atoms with van der Waals surface area (Å²) in [5.41, 5.74) is 1.57. The highest BCUT2D eigenvalue weighted by atomic mass is 16.4. The van der Waals surface area contributed by atoms with Crippen molar-refractivity contribution in [3.05, 3.63) is 33.2 Å². The van der Waals surface area contributed by atoms with Crippen LogP contribution in [0.15, 0.2) is 10.9 Å². The van der Waals surface area contributed by atoms with E-state index in [2.05, 4.69) is 4.98 Å². The van der Waals surface area contributed by atoms with Crippen molar-refractivity contribution in [1.82, 2.24) is 4.98 Å². The smallest absolute Gasteiger partial charge is 0.311 e. The van der Waals surface area contributed by atoms with Gasteiger partial charge in [-0.2, -0.15) is 0 Å². The number of pyridine rings is 1. The third kappa shape index (κ3) is 2.26. The number of carbonyl (C=O) groups is 1. The molecule has 0 amide bonds. The average molecular weight is 209 g/mol. The van der Waals surface area contributed by atoms with Crippen molar-refractivity contribution in [2.75, 3.05) is 0 Å². The molecule has 4 nitrogen and oxygen atoms in total. The quantitative estimate of drug-likeness (QED) is 0.793. The second kappa shape index (κ2) is 4.29. The van der Waals surface area contributed by atoms with Crippen LogP contribution in [0.25, 0.3) is 0 Å². The van der Waals surface area contributed by atoms with Gasteiger partial charge in [0.25, 0.3) is 5.56 Å². The molecule has 15 heavy (non-hydrogen) atoms. The lowest BCUT2D eigenvalue weighted by Gasteiger charge is -2.12. The number of aromatic amines is 1. The van der Waals surface area contributed by atoms with Crippen LogP contribution in [0.5, 0.6) is 0 Å². The van der Waals surface area contributed by atoms with Crippen molar-refractivity contribution >= 4 is 5.97 Å². The second-order valence-electron chi connectivity index (χ2n) is 3.68. The number of H-pyrrole nitrogens is 1. The summed E-state index contributed by atoms with van der Waals surface area (Å²) >= 11 is 0. The second-order valence-corrected chi connectivity index (χ2v) is 3.68. The summed E-state index contributed by atoms with van der Waals surface area (Å²) < 4.78 is 0. The summed E-state index contributed by atoms with van der Waals surface area (Å²) in [5, 5.41) is 8.99. The molecule has 0 saturated carbocycles. The molecular formula is C11H15NO3. The zero-order chi connectivity index (χ0) is 11.6. The first-order valence-corrected chi connectivity index (χ1v) is 4.90. The highest BCUT2D eigenvalue weighted by molar-refractivity contribution is 5.76. The Kier molecular flexibility index (Phi) is 3.29. The fourth-order valence-corrected chi connectivity index (χ4v) is 1.80. The standard InChI is InChI=1S/C11H15NO3/c1-4-8(11(14)15)9-6(2)5-7(3)12-10(9)13/h5,8H,4H2,1-3H3,(H,12,13)(H,14,15). The molecule has 1 aromatic heterocycles. The first-order valence-electron chi connectivity index (χ1n) is 4.90. The molecule has 1 heterocycles. The van der Waals surface area contributed by atoms with Crippen LogP contribution in [-0.4, -0.2) is 16.1 Å². The average Bonchev–Trinajstić information content (AvgIpc) is 2.09. The van der Waals surface area contributed by atoms with E-state index in [4.69, 9.17) is 5.11 Å². The fraction of sp³-hybridized carbons (Fsp3) is 0.455. The van der Waals surface area contributed by atoms with Crippen LogP contribution < -0.4 is 5.56 Å². The summed E-state index contributed by atoms with van der Waals surface area (Å²) in [5.74, 6) is -1.66. The van der Waals surface area contributed by atoms with Crippen molar-refractivity contribution in [3.63, 3.8) is 0 Å². The molecule has 0 spiro atoms. The molecule has 1 atom stereocenters. The van der Waals surface area contributed by atoms with E-state index >= 15 is 0 Å². The van der Waals surface area contributed by atoms with Crippen molar-refractivity contribution in [2.45, 2.75) is 33.1 Å². The van der Waals surface area contributed by atoms with Gasteiger partial charge in [-0.3, -0.25) is 9.59 Å². The van der Waals surface area contributed by atoms with Gasteiger partial charge in [0.1, 0.15) is 0 Å². The van der Waals surface area contributed by atoms with E-state index in [-0.39, 0.29) is 5.56 Å². The van der Waals surface area contributed by atoms with Gasteiger partial charge in [-0.25, -0.2) is 0 Å². The van der Waals surface area contributed by atoms with E-state index in [9.17, 15) is 9.59 Å². The molecule has 0 aliphatic carbocycles. The van der Waals surface area contributed by atoms with Crippen LogP contribution in [-0.2, 0) is 4.79 Å². The van der Waals surface area contributed by atoms with Crippen LogP contribution in [0.4, 0.5) is 0 Å². The Morgan fingerprint density at radius 2 is 2.13 bits per heavy atom. The largest absolute Gasteiger partial charge is 0.481 e. The monoisotopic (exact) mass is 209 g/mol. The summed E-state index contributed by atoms with van der Waals surface area (Å²) in [6.45, 7) is 5.31. The summed E-state index contributed by atoms with van der Waals surface area (Å²) in [6, 6.07) is 1.79. The maximum absolute atomic E-state index is 11.6. The van der Waals surface area contributed by atoms with Gasteiger partial charge in [0.15, 0.2) is 0 Å². The summed E-state index contributed by atoms with van der Waals surface area (Å²) in [6.07, 6.45) is 0.419. The van der Waals surface area contributed by atoms with Crippen molar-refractivity contribution < 1.29 is 9.90 Å². The summed E-state index contributed by atoms with van der Waals surface area (Å²) in [4.78, 5) is 25.2. The lowest BCUT2D eigenvalue weighted by Crippen LogP contribution is -2.23. The first kappa shape index (κ1) is 11.5. The van der Waals surface area contributed by atoms with Crippen molar-refractivity contribution in [1.29, 1.82) is 0 Å². The van der Waals surface area contributed by atoms with Crippen LogP contribution >= 0.6 is 0 Å². The minimum absolute atomic E-state index is 0.290. The first-order chi connectivity index (χ1) is 6.97. The van der Waals surface area contributed by atoms with E-state index in [0.717, 1.165) is 11.3 Å². The van der Waals surface area contributed by atoms with Crippen LogP contribution in [0.3, 0.4) is 0 Å². The number of aryl methyl sites for hydroxylation is 2. The number of nitrogens with one attached hydrogen (secondary N) is 1. The molecule has 0 aliphatic rings. The van der Waals surface area contributed by atoms with Crippen LogP contribution in [0.2, 0.25) is 0 Å². The van der Waals surface area contributed by atoms with E-state index in [0.29, 0.717) is 12.0 Å². The van der Waals surface area contributed by atoms with E-state index in [1.54, 1.807) is 26.8 Å². The number of carboxylic acids is 1. The predicted octanol–water partition coefficient (Wildman–Crippen LogP) is 1.57. The Balaban J connectivity index is 3.36. The third-order valence-electron chi connectivity index (χ3n) is 2.47. The Morgan fingerprint density at radius 1 is 1.53 bits per heavy atom. The number of aromatic nitrogens is 1. The topological polar surface area (TPSA) is 70.2 Å². The van der Waals surface area contributed by atoms with Crippen LogP contribution in [0, 0.1) is 13.8 Å². The number of hydrogen-bond acceptors (Lipinski definition) is 2. The van der Waals surface area contributed by atoms with Gasteiger partial charge in [-0.1, -0.05) is 6.92 Å². The molecule has 1 rings (SSSR count). The molecule has 82 valence electrons. The molecule has 0 fully saturated rings. The van der Waals surface area contributed by atoms with Crippen LogP contribution in [0.1, 0.15) is 36.1 Å². The Morgan fingerprint density at radius 3 is 2.53 bits per heavy atom. The molecule has 4 heteroatoms. The molecule has 0 radical (unpaired) electrons. The van der Waals surface area contributed by atoms with Crippen molar-refractivity contribution in [3.8, 4) is 0 Å². The van der Waals surface area contributed by atoms with E-state index in [1.807, 2.05) is 0 Å². The van der Waals surface area contributed by atoms with Gasteiger partial charge < -0.3 is 10.1 Å². The zero-order valence-electron chi connectivity index (χ0n) is 9.13. The lowest BCUT2D eigenvalue weighted by molar-refractivity contribution is -0.138. The van der Waals surface area contributed by atoms with E-state index < -0.39 is 11.9 Å². The molecule has 0 saturated heterocycles. The van der Waals surface area contributed by atoms with Gasteiger partial charge >= 0.3 is 5.97 Å². The fourth-order valence-electron chi connectivity index (χ4n) is 1.80. The Bertz CT molecular complexity index is 434. The zero-order valence-corrected chi connectivity index (χ0v) is 9.13. The normalized spacial score (nSPS) is 12.5. The number of hydrogen-bond donors (Lipinski definition) is 2. The number of rotatable bonds is 3. The molecule has 1 unspecified atom stereocenters. The number of carboxylic acid groups (broad SMARTS) is 1. The number of aliphatic carboxylic acids is 1. The van der Waals surface area contributed by atoms with E-state index in [1.165, 1.54) is 0 Å². The minimum atomic E-state index is -0.949. The van der Waals surface area contributed by atoms with Gasteiger partial charge in [0, 0.05) is 11.3 Å². The summed E-state index contributed by atoms with van der Waals surface area (Å²) in [7, 11) is 0. The molecule has 1 aromatic rings. The maximum atomic E-state index is 11.6. The lowest BCUT2D eigenvalue weighted by atomic mass is 9.94.